The predicted octanol–water partition coefficient (Wildman–Crippen LogP) is 0.556. The van der Waals surface area contributed by atoms with Crippen LogP contribution in [-0.4, -0.2) is 39.8 Å². The van der Waals surface area contributed by atoms with Crippen LogP contribution in [-0.2, 0) is 10.0 Å². The Morgan fingerprint density at radius 2 is 2.06 bits per heavy atom. The van der Waals surface area contributed by atoms with Crippen LogP contribution in [0.15, 0.2) is 29.2 Å². The van der Waals surface area contributed by atoms with Crippen LogP contribution in [0.5, 0.6) is 0 Å². The Balaban J connectivity index is 2.23. The summed E-state index contributed by atoms with van der Waals surface area (Å²) in [6.45, 7) is 1.04. The normalized spacial score (nSPS) is 20.3. The molecular formula is C12H18N2O3S. The molecule has 0 bridgehead atoms. The number of aliphatic hydroxyl groups excluding tert-OH is 1. The topological polar surface area (TPSA) is 69.6 Å². The van der Waals surface area contributed by atoms with E-state index in [4.69, 9.17) is 0 Å². The highest BCUT2D eigenvalue weighted by molar-refractivity contribution is 7.89. The van der Waals surface area contributed by atoms with Crippen LogP contribution in [0.3, 0.4) is 0 Å². The Morgan fingerprint density at radius 1 is 1.39 bits per heavy atom. The summed E-state index contributed by atoms with van der Waals surface area (Å²) in [4.78, 5) is 2.38. The first-order valence-electron chi connectivity index (χ1n) is 5.99. The summed E-state index contributed by atoms with van der Waals surface area (Å²) in [5.74, 6) is 0. The molecule has 0 amide bonds. The van der Waals surface area contributed by atoms with Gasteiger partial charge in [0.25, 0.3) is 0 Å². The molecule has 0 spiro atoms. The molecule has 0 saturated carbocycles. The molecule has 0 radical (unpaired) electrons. The zero-order valence-corrected chi connectivity index (χ0v) is 11.2. The predicted molar refractivity (Wildman–Crippen MR) is 70.1 cm³/mol. The van der Waals surface area contributed by atoms with E-state index in [1.54, 1.807) is 24.3 Å². The molecule has 1 fully saturated rings. The summed E-state index contributed by atoms with van der Waals surface area (Å²) in [5.41, 5.74) is 0.960. The van der Waals surface area contributed by atoms with E-state index in [2.05, 4.69) is 9.62 Å². The van der Waals surface area contributed by atoms with Gasteiger partial charge in [-0.05, 0) is 44.2 Å². The average molecular weight is 270 g/mol. The van der Waals surface area contributed by atoms with E-state index in [1.807, 2.05) is 0 Å². The quantitative estimate of drug-likeness (QED) is 0.838. The lowest BCUT2D eigenvalue weighted by molar-refractivity contribution is 0.266. The number of nitrogens with one attached hydrogen (secondary N) is 1. The van der Waals surface area contributed by atoms with Gasteiger partial charge in [0, 0.05) is 12.2 Å². The van der Waals surface area contributed by atoms with Crippen LogP contribution in [0.1, 0.15) is 12.8 Å². The number of benzene rings is 1. The molecule has 0 aromatic heterocycles. The number of nitrogens with zero attached hydrogens (tertiary/aromatic N) is 1. The van der Waals surface area contributed by atoms with Gasteiger partial charge in [0.2, 0.25) is 10.0 Å². The van der Waals surface area contributed by atoms with E-state index < -0.39 is 10.0 Å². The molecule has 1 heterocycles. The van der Waals surface area contributed by atoms with E-state index in [-0.39, 0.29) is 17.5 Å². The SMILES string of the molecule is CNS(=O)(=O)c1ccc(N2CCCC2CO)cc1. The molecule has 1 aliphatic rings. The van der Waals surface area contributed by atoms with E-state index in [0.717, 1.165) is 25.1 Å². The molecular weight excluding hydrogens is 252 g/mol. The summed E-state index contributed by atoms with van der Waals surface area (Å²) >= 11 is 0. The lowest BCUT2D eigenvalue weighted by Gasteiger charge is -2.25. The number of aliphatic hydroxyl groups is 1. The van der Waals surface area contributed by atoms with Gasteiger partial charge in [-0.2, -0.15) is 0 Å². The molecule has 1 atom stereocenters. The van der Waals surface area contributed by atoms with Gasteiger partial charge in [0.15, 0.2) is 0 Å². The van der Waals surface area contributed by atoms with Gasteiger partial charge < -0.3 is 10.0 Å². The third-order valence-corrected chi connectivity index (χ3v) is 4.77. The van der Waals surface area contributed by atoms with Crippen LogP contribution in [0.25, 0.3) is 0 Å². The first-order valence-corrected chi connectivity index (χ1v) is 7.48. The molecule has 2 N–H and O–H groups in total. The van der Waals surface area contributed by atoms with Crippen molar-refractivity contribution >= 4 is 15.7 Å². The highest BCUT2D eigenvalue weighted by atomic mass is 32.2. The maximum Gasteiger partial charge on any atom is 0.240 e. The van der Waals surface area contributed by atoms with Crippen molar-refractivity contribution in [2.24, 2.45) is 0 Å². The van der Waals surface area contributed by atoms with Crippen molar-refractivity contribution in [3.05, 3.63) is 24.3 Å². The molecule has 1 aromatic rings. The van der Waals surface area contributed by atoms with E-state index >= 15 is 0 Å². The minimum absolute atomic E-state index is 0.135. The fraction of sp³-hybridized carbons (Fsp3) is 0.500. The third kappa shape index (κ3) is 2.50. The molecule has 5 nitrogen and oxygen atoms in total. The summed E-state index contributed by atoms with van der Waals surface area (Å²) in [6, 6.07) is 6.91. The van der Waals surface area contributed by atoms with Crippen molar-refractivity contribution in [2.75, 3.05) is 25.1 Å². The number of anilines is 1. The highest BCUT2D eigenvalue weighted by Gasteiger charge is 2.24. The fourth-order valence-corrected chi connectivity index (χ4v) is 3.03. The third-order valence-electron chi connectivity index (χ3n) is 3.34. The summed E-state index contributed by atoms with van der Waals surface area (Å²) < 4.78 is 25.5. The molecule has 100 valence electrons. The Kier molecular flexibility index (Phi) is 3.89. The first kappa shape index (κ1) is 13.3. The zero-order chi connectivity index (χ0) is 13.2. The lowest BCUT2D eigenvalue weighted by atomic mass is 10.2. The van der Waals surface area contributed by atoms with Crippen molar-refractivity contribution < 1.29 is 13.5 Å². The molecule has 1 unspecified atom stereocenters. The van der Waals surface area contributed by atoms with Gasteiger partial charge in [-0.25, -0.2) is 13.1 Å². The first-order chi connectivity index (χ1) is 8.58. The molecule has 2 rings (SSSR count). The molecule has 0 aliphatic carbocycles. The Labute approximate surface area is 107 Å². The van der Waals surface area contributed by atoms with Crippen molar-refractivity contribution in [1.82, 2.24) is 4.72 Å². The van der Waals surface area contributed by atoms with Crippen LogP contribution in [0, 0.1) is 0 Å². The molecule has 1 saturated heterocycles. The van der Waals surface area contributed by atoms with Crippen LogP contribution in [0.2, 0.25) is 0 Å². The van der Waals surface area contributed by atoms with E-state index in [9.17, 15) is 13.5 Å². The van der Waals surface area contributed by atoms with Crippen LogP contribution < -0.4 is 9.62 Å². The maximum absolute atomic E-state index is 11.6. The van der Waals surface area contributed by atoms with Gasteiger partial charge in [0.05, 0.1) is 17.5 Å². The lowest BCUT2D eigenvalue weighted by Crippen LogP contribution is -2.32. The summed E-state index contributed by atoms with van der Waals surface area (Å²) in [6.07, 6.45) is 2.04. The Bertz CT molecular complexity index is 499. The van der Waals surface area contributed by atoms with Crippen molar-refractivity contribution in [1.29, 1.82) is 0 Å². The van der Waals surface area contributed by atoms with Crippen molar-refractivity contribution in [2.45, 2.75) is 23.8 Å². The summed E-state index contributed by atoms with van der Waals surface area (Å²) in [7, 11) is -1.98. The van der Waals surface area contributed by atoms with Crippen LogP contribution >= 0.6 is 0 Å². The van der Waals surface area contributed by atoms with Gasteiger partial charge in [-0.3, -0.25) is 0 Å². The largest absolute Gasteiger partial charge is 0.394 e. The minimum atomic E-state index is -3.38. The fourth-order valence-electron chi connectivity index (χ4n) is 2.30. The molecule has 18 heavy (non-hydrogen) atoms. The molecule has 1 aromatic carbocycles. The maximum atomic E-state index is 11.6. The number of hydrogen-bond donors (Lipinski definition) is 2. The summed E-state index contributed by atoms with van der Waals surface area (Å²) in [5, 5.41) is 9.27. The number of hydrogen-bond acceptors (Lipinski definition) is 4. The second-order valence-electron chi connectivity index (χ2n) is 4.37. The Morgan fingerprint density at radius 3 is 2.61 bits per heavy atom. The number of rotatable bonds is 4. The van der Waals surface area contributed by atoms with Gasteiger partial charge in [-0.1, -0.05) is 0 Å². The zero-order valence-electron chi connectivity index (χ0n) is 10.3. The van der Waals surface area contributed by atoms with Gasteiger partial charge in [0.1, 0.15) is 0 Å². The second-order valence-corrected chi connectivity index (χ2v) is 6.26. The van der Waals surface area contributed by atoms with Crippen molar-refractivity contribution in [3.8, 4) is 0 Å². The van der Waals surface area contributed by atoms with E-state index in [1.165, 1.54) is 7.05 Å². The molecule has 6 heteroatoms. The van der Waals surface area contributed by atoms with E-state index in [0.29, 0.717) is 0 Å². The Hall–Kier alpha value is -1.11. The van der Waals surface area contributed by atoms with Gasteiger partial charge in [-0.15, -0.1) is 0 Å². The molecule has 1 aliphatic heterocycles. The standard InChI is InChI=1S/C12H18N2O3S/c1-13-18(16,17)12-6-4-10(5-7-12)14-8-2-3-11(14)9-15/h4-7,11,13,15H,2-3,8-9H2,1H3. The second kappa shape index (κ2) is 5.26. The average Bonchev–Trinajstić information content (AvgIpc) is 2.87. The number of sulfonamides is 1. The minimum Gasteiger partial charge on any atom is -0.394 e. The highest BCUT2D eigenvalue weighted by Crippen LogP contribution is 2.26. The van der Waals surface area contributed by atoms with Crippen molar-refractivity contribution in [3.63, 3.8) is 0 Å². The van der Waals surface area contributed by atoms with Crippen LogP contribution in [0.4, 0.5) is 5.69 Å². The monoisotopic (exact) mass is 270 g/mol. The van der Waals surface area contributed by atoms with Gasteiger partial charge >= 0.3 is 0 Å². The smallest absolute Gasteiger partial charge is 0.240 e.